The summed E-state index contributed by atoms with van der Waals surface area (Å²) >= 11 is 0. The first-order valence-electron chi connectivity index (χ1n) is 5.69. The van der Waals surface area contributed by atoms with Crippen molar-refractivity contribution in [3.05, 3.63) is 0 Å². The highest BCUT2D eigenvalue weighted by molar-refractivity contribution is 5.83. The van der Waals surface area contributed by atoms with E-state index in [0.29, 0.717) is 18.9 Å². The largest absolute Gasteiger partial charge is 0.341 e. The Morgan fingerprint density at radius 1 is 1.62 bits per heavy atom. The summed E-state index contributed by atoms with van der Waals surface area (Å²) in [4.78, 5) is 25.0. The molecular weight excluding hydrogens is 206 g/mol. The van der Waals surface area contributed by atoms with Crippen LogP contribution in [0.15, 0.2) is 0 Å². The first-order chi connectivity index (χ1) is 7.40. The second kappa shape index (κ2) is 4.82. The third kappa shape index (κ3) is 2.72. The van der Waals surface area contributed by atoms with Crippen LogP contribution >= 0.6 is 0 Å². The van der Waals surface area contributed by atoms with Gasteiger partial charge in [0.2, 0.25) is 11.8 Å². The molecule has 1 atom stereocenters. The van der Waals surface area contributed by atoms with Gasteiger partial charge in [0.1, 0.15) is 0 Å². The molecule has 1 aliphatic heterocycles. The lowest BCUT2D eigenvalue weighted by atomic mass is 9.92. The predicted octanol–water partition coefficient (Wildman–Crippen LogP) is 0.261. The molecule has 1 saturated heterocycles. The number of hydrogen-bond donors (Lipinski definition) is 2. The number of hydrazine groups is 1. The van der Waals surface area contributed by atoms with E-state index in [1.165, 1.54) is 0 Å². The van der Waals surface area contributed by atoms with Crippen LogP contribution in [0.1, 0.15) is 33.6 Å². The molecule has 1 fully saturated rings. The van der Waals surface area contributed by atoms with Crippen molar-refractivity contribution in [2.75, 3.05) is 13.1 Å². The summed E-state index contributed by atoms with van der Waals surface area (Å²) in [5, 5.41) is 0. The van der Waals surface area contributed by atoms with Crippen LogP contribution in [-0.4, -0.2) is 29.8 Å². The van der Waals surface area contributed by atoms with Gasteiger partial charge >= 0.3 is 0 Å². The number of amides is 2. The van der Waals surface area contributed by atoms with Crippen molar-refractivity contribution >= 4 is 11.8 Å². The maximum absolute atomic E-state index is 11.7. The summed E-state index contributed by atoms with van der Waals surface area (Å²) < 4.78 is 0. The van der Waals surface area contributed by atoms with Gasteiger partial charge in [-0.3, -0.25) is 15.0 Å². The number of nitrogens with zero attached hydrogens (tertiary/aromatic N) is 1. The Morgan fingerprint density at radius 3 is 2.69 bits per heavy atom. The van der Waals surface area contributed by atoms with E-state index < -0.39 is 5.41 Å². The molecule has 1 aliphatic rings. The maximum Gasteiger partial charge on any atom is 0.241 e. The summed E-state index contributed by atoms with van der Waals surface area (Å²) in [6, 6.07) is 0. The Kier molecular flexibility index (Phi) is 3.91. The molecule has 0 aromatic carbocycles. The van der Waals surface area contributed by atoms with Crippen LogP contribution in [0.2, 0.25) is 0 Å². The van der Waals surface area contributed by atoms with Crippen molar-refractivity contribution in [3.8, 4) is 0 Å². The van der Waals surface area contributed by atoms with Gasteiger partial charge in [-0.1, -0.05) is 13.3 Å². The number of nitrogens with two attached hydrogens (primary N) is 1. The second-order valence-electron chi connectivity index (χ2n) is 5.11. The van der Waals surface area contributed by atoms with E-state index in [4.69, 9.17) is 5.84 Å². The zero-order valence-electron chi connectivity index (χ0n) is 10.2. The molecule has 0 bridgehead atoms. The zero-order chi connectivity index (χ0) is 12.3. The molecule has 92 valence electrons. The van der Waals surface area contributed by atoms with Gasteiger partial charge in [0.05, 0.1) is 5.41 Å². The van der Waals surface area contributed by atoms with Crippen LogP contribution < -0.4 is 11.3 Å². The van der Waals surface area contributed by atoms with Gasteiger partial charge in [-0.15, -0.1) is 0 Å². The zero-order valence-corrected chi connectivity index (χ0v) is 10.2. The molecule has 0 spiro atoms. The molecule has 5 heteroatoms. The molecule has 5 nitrogen and oxygen atoms in total. The van der Waals surface area contributed by atoms with Crippen LogP contribution in [0.3, 0.4) is 0 Å². The molecule has 3 N–H and O–H groups in total. The summed E-state index contributed by atoms with van der Waals surface area (Å²) in [6.45, 7) is 6.87. The first kappa shape index (κ1) is 13.0. The fourth-order valence-electron chi connectivity index (χ4n) is 2.02. The number of rotatable bonds is 4. The lowest BCUT2D eigenvalue weighted by Gasteiger charge is -2.28. The Labute approximate surface area is 96.3 Å². The third-order valence-electron chi connectivity index (χ3n) is 3.20. The molecule has 2 amide bonds. The van der Waals surface area contributed by atoms with Crippen LogP contribution in [0.4, 0.5) is 0 Å². The van der Waals surface area contributed by atoms with Gasteiger partial charge in [0.25, 0.3) is 0 Å². The summed E-state index contributed by atoms with van der Waals surface area (Å²) in [6.07, 6.45) is 1.61. The highest BCUT2D eigenvalue weighted by atomic mass is 16.2. The Morgan fingerprint density at radius 2 is 2.25 bits per heavy atom. The molecule has 0 aliphatic carbocycles. The van der Waals surface area contributed by atoms with Crippen LogP contribution in [0, 0.1) is 11.3 Å². The van der Waals surface area contributed by atoms with Gasteiger partial charge in [0, 0.05) is 19.5 Å². The molecule has 0 saturated carbocycles. The second-order valence-corrected chi connectivity index (χ2v) is 5.11. The quantitative estimate of drug-likeness (QED) is 0.411. The predicted molar refractivity (Wildman–Crippen MR) is 61.1 cm³/mol. The van der Waals surface area contributed by atoms with Crippen molar-refractivity contribution < 1.29 is 9.59 Å². The van der Waals surface area contributed by atoms with E-state index in [1.807, 2.05) is 0 Å². The van der Waals surface area contributed by atoms with Crippen molar-refractivity contribution in [1.29, 1.82) is 0 Å². The van der Waals surface area contributed by atoms with Gasteiger partial charge in [-0.05, 0) is 19.8 Å². The van der Waals surface area contributed by atoms with Gasteiger partial charge in [0.15, 0.2) is 0 Å². The van der Waals surface area contributed by atoms with Crippen molar-refractivity contribution in [2.45, 2.75) is 33.6 Å². The highest BCUT2D eigenvalue weighted by Gasteiger charge is 2.35. The summed E-state index contributed by atoms with van der Waals surface area (Å²) in [5.41, 5.74) is 1.51. The van der Waals surface area contributed by atoms with E-state index in [1.54, 1.807) is 18.7 Å². The van der Waals surface area contributed by atoms with Crippen molar-refractivity contribution in [3.63, 3.8) is 0 Å². The topological polar surface area (TPSA) is 75.4 Å². The first-order valence-corrected chi connectivity index (χ1v) is 5.69. The smallest absolute Gasteiger partial charge is 0.241 e. The molecule has 0 aromatic heterocycles. The number of likely N-dealkylation sites (tertiary alicyclic amines) is 1. The maximum atomic E-state index is 11.7. The van der Waals surface area contributed by atoms with E-state index in [0.717, 1.165) is 13.0 Å². The summed E-state index contributed by atoms with van der Waals surface area (Å²) in [7, 11) is 0. The Hall–Kier alpha value is -1.10. The minimum absolute atomic E-state index is 0.143. The molecule has 0 aromatic rings. The third-order valence-corrected chi connectivity index (χ3v) is 3.20. The highest BCUT2D eigenvalue weighted by Crippen LogP contribution is 2.25. The van der Waals surface area contributed by atoms with Gasteiger partial charge in [-0.25, -0.2) is 5.84 Å². The number of hydrogen-bond acceptors (Lipinski definition) is 3. The average molecular weight is 227 g/mol. The standard InChI is InChI=1S/C11H21N3O2/c1-4-8-5-9(15)14(6-8)7-11(2,3)10(16)13-12/h8H,4-7,12H2,1-3H3,(H,13,16). The fourth-order valence-corrected chi connectivity index (χ4v) is 2.02. The minimum atomic E-state index is -0.632. The molecule has 1 unspecified atom stereocenters. The fraction of sp³-hybridized carbons (Fsp3) is 0.818. The number of carbonyl (C=O) groups is 2. The van der Waals surface area contributed by atoms with E-state index in [9.17, 15) is 9.59 Å². The Balaban J connectivity index is 2.61. The van der Waals surface area contributed by atoms with Crippen LogP contribution in [-0.2, 0) is 9.59 Å². The van der Waals surface area contributed by atoms with Crippen LogP contribution in [0.5, 0.6) is 0 Å². The molecular formula is C11H21N3O2. The van der Waals surface area contributed by atoms with E-state index >= 15 is 0 Å². The monoisotopic (exact) mass is 227 g/mol. The van der Waals surface area contributed by atoms with Crippen LogP contribution in [0.25, 0.3) is 0 Å². The molecule has 1 heterocycles. The average Bonchev–Trinajstić information content (AvgIpc) is 2.57. The van der Waals surface area contributed by atoms with E-state index in [-0.39, 0.29) is 11.8 Å². The lowest BCUT2D eigenvalue weighted by Crippen LogP contribution is -2.47. The number of carbonyl (C=O) groups excluding carboxylic acids is 2. The Bertz CT molecular complexity index is 289. The van der Waals surface area contributed by atoms with Gasteiger partial charge < -0.3 is 4.90 Å². The molecule has 1 rings (SSSR count). The molecule has 16 heavy (non-hydrogen) atoms. The SMILES string of the molecule is CCC1CC(=O)N(CC(C)(C)C(=O)NN)C1. The van der Waals surface area contributed by atoms with Crippen molar-refractivity contribution in [2.24, 2.45) is 17.2 Å². The lowest BCUT2D eigenvalue weighted by molar-refractivity contribution is -0.134. The van der Waals surface area contributed by atoms with E-state index in [2.05, 4.69) is 12.3 Å². The minimum Gasteiger partial charge on any atom is -0.341 e. The summed E-state index contributed by atoms with van der Waals surface area (Å²) in [5.74, 6) is 5.46. The normalized spacial score (nSPS) is 21.4. The molecule has 0 radical (unpaired) electrons. The van der Waals surface area contributed by atoms with Crippen molar-refractivity contribution in [1.82, 2.24) is 10.3 Å². The number of nitrogens with one attached hydrogen (secondary N) is 1. The van der Waals surface area contributed by atoms with Gasteiger partial charge in [-0.2, -0.15) is 0 Å².